The number of ether oxygens (including phenoxy) is 1. The molecular weight excluding hydrogens is 290 g/mol. The third kappa shape index (κ3) is 4.02. The Balaban J connectivity index is 1.93. The minimum absolute atomic E-state index is 0.266. The summed E-state index contributed by atoms with van der Waals surface area (Å²) in [6.07, 6.45) is 1.95. The minimum atomic E-state index is -0.266. The highest BCUT2D eigenvalue weighted by Crippen LogP contribution is 2.25. The fraction of sp³-hybridized carbons (Fsp3) is 0.556. The maximum Gasteiger partial charge on any atom is 0.338 e. The van der Waals surface area contributed by atoms with Crippen LogP contribution in [-0.4, -0.2) is 37.2 Å². The lowest BCUT2D eigenvalue weighted by molar-refractivity contribution is 0.0377. The first kappa shape index (κ1) is 17.3. The number of anilines is 1. The molecule has 1 aromatic carbocycles. The molecule has 0 aromatic heterocycles. The number of benzene rings is 1. The van der Waals surface area contributed by atoms with Crippen molar-refractivity contribution in [3.63, 3.8) is 0 Å². The van der Waals surface area contributed by atoms with E-state index in [1.807, 2.05) is 26.8 Å². The number of nitrogens with two attached hydrogens (primary N) is 1. The van der Waals surface area contributed by atoms with E-state index in [9.17, 15) is 4.79 Å². The van der Waals surface area contributed by atoms with Gasteiger partial charge in [0.1, 0.15) is 0 Å². The molecule has 0 radical (unpaired) electrons. The van der Waals surface area contributed by atoms with Gasteiger partial charge in [0, 0.05) is 18.8 Å². The maximum absolute atomic E-state index is 12.4. The van der Waals surface area contributed by atoms with Crippen LogP contribution in [-0.2, 0) is 4.74 Å². The number of hydrogen-bond donors (Lipinski definition) is 1. The number of rotatable bonds is 4. The van der Waals surface area contributed by atoms with Crippen molar-refractivity contribution in [1.29, 1.82) is 0 Å². The van der Waals surface area contributed by atoms with Crippen molar-refractivity contribution in [2.24, 2.45) is 5.92 Å². The Morgan fingerprint density at radius 3 is 2.61 bits per heavy atom. The Bertz CT molecular complexity index is 626. The van der Waals surface area contributed by atoms with Gasteiger partial charge in [-0.25, -0.2) is 16.3 Å². The second-order valence-electron chi connectivity index (χ2n) is 6.36. The minimum Gasteiger partial charge on any atom is -0.462 e. The molecule has 0 saturated carbocycles. The van der Waals surface area contributed by atoms with E-state index >= 15 is 0 Å². The molecular formula is C18H25N3O2. The van der Waals surface area contributed by atoms with Crippen LogP contribution >= 0.6 is 0 Å². The lowest BCUT2D eigenvalue weighted by Gasteiger charge is -2.28. The van der Waals surface area contributed by atoms with Gasteiger partial charge in [0.05, 0.1) is 12.2 Å². The van der Waals surface area contributed by atoms with E-state index in [0.717, 1.165) is 48.3 Å². The quantitative estimate of drug-likeness (QED) is 0.527. The Hall–Kier alpha value is -2.06. The summed E-state index contributed by atoms with van der Waals surface area (Å²) in [5.41, 5.74) is 10.1. The van der Waals surface area contributed by atoms with E-state index in [1.54, 1.807) is 0 Å². The Kier molecular flexibility index (Phi) is 5.62. The predicted molar refractivity (Wildman–Crippen MR) is 91.1 cm³/mol. The summed E-state index contributed by atoms with van der Waals surface area (Å²) in [4.78, 5) is 17.9. The molecule has 1 aliphatic heterocycles. The molecule has 2 N–H and O–H groups in total. The number of likely N-dealkylation sites (tertiary alicyclic amines) is 1. The molecule has 0 bridgehead atoms. The van der Waals surface area contributed by atoms with Crippen LogP contribution in [0.4, 0.5) is 5.69 Å². The third-order valence-electron chi connectivity index (χ3n) is 4.80. The summed E-state index contributed by atoms with van der Waals surface area (Å²) in [5.74, 6) is 0.120. The van der Waals surface area contributed by atoms with Crippen LogP contribution in [0.25, 0.3) is 4.85 Å². The molecule has 2 rings (SSSR count). The first-order chi connectivity index (χ1) is 10.9. The lowest BCUT2D eigenvalue weighted by atomic mass is 9.97. The Morgan fingerprint density at radius 2 is 2.00 bits per heavy atom. The number of carbonyl (C=O) groups excluding carboxylic acids is 1. The van der Waals surface area contributed by atoms with E-state index < -0.39 is 0 Å². The van der Waals surface area contributed by atoms with Crippen molar-refractivity contribution >= 4 is 11.7 Å². The lowest BCUT2D eigenvalue weighted by Crippen LogP contribution is -2.35. The molecule has 0 aliphatic carbocycles. The molecule has 0 amide bonds. The molecule has 1 heterocycles. The molecule has 1 aromatic rings. The first-order valence-corrected chi connectivity index (χ1v) is 8.03. The van der Waals surface area contributed by atoms with Crippen LogP contribution in [0.2, 0.25) is 0 Å². The fourth-order valence-electron chi connectivity index (χ4n) is 2.98. The van der Waals surface area contributed by atoms with E-state index in [4.69, 9.17) is 17.0 Å². The highest BCUT2D eigenvalue weighted by Gasteiger charge is 2.22. The Morgan fingerprint density at radius 1 is 1.35 bits per heavy atom. The SMILES string of the molecule is [C-]#[N+]CN1CCC(COC(=O)c2cc(C)c(N)c(C)c2C)CC1. The van der Waals surface area contributed by atoms with Gasteiger partial charge in [-0.3, -0.25) is 4.85 Å². The largest absolute Gasteiger partial charge is 0.462 e. The highest BCUT2D eigenvalue weighted by molar-refractivity contribution is 5.92. The fourth-order valence-corrected chi connectivity index (χ4v) is 2.98. The van der Waals surface area contributed by atoms with Crippen LogP contribution in [0.1, 0.15) is 39.9 Å². The number of nitrogen functional groups attached to an aromatic ring is 1. The molecule has 0 atom stereocenters. The summed E-state index contributed by atoms with van der Waals surface area (Å²) < 4.78 is 5.53. The summed E-state index contributed by atoms with van der Waals surface area (Å²) in [6.45, 7) is 15.4. The number of piperidine rings is 1. The third-order valence-corrected chi connectivity index (χ3v) is 4.80. The summed E-state index contributed by atoms with van der Waals surface area (Å²) in [5, 5.41) is 0. The van der Waals surface area contributed by atoms with Crippen LogP contribution in [0.3, 0.4) is 0 Å². The molecule has 23 heavy (non-hydrogen) atoms. The molecule has 0 spiro atoms. The highest BCUT2D eigenvalue weighted by atomic mass is 16.5. The van der Waals surface area contributed by atoms with Crippen LogP contribution in [0, 0.1) is 33.3 Å². The number of hydrogen-bond acceptors (Lipinski definition) is 4. The summed E-state index contributed by atoms with van der Waals surface area (Å²) in [6, 6.07) is 1.82. The van der Waals surface area contributed by atoms with Gasteiger partial charge in [-0.1, -0.05) is 0 Å². The molecule has 1 aliphatic rings. The number of carbonyl (C=O) groups is 1. The number of esters is 1. The van der Waals surface area contributed by atoms with Crippen LogP contribution in [0.15, 0.2) is 6.07 Å². The molecule has 124 valence electrons. The summed E-state index contributed by atoms with van der Waals surface area (Å²) >= 11 is 0. The van der Waals surface area contributed by atoms with Gasteiger partial charge in [-0.15, -0.1) is 0 Å². The van der Waals surface area contributed by atoms with Crippen molar-refractivity contribution in [2.45, 2.75) is 33.6 Å². The van der Waals surface area contributed by atoms with Crippen molar-refractivity contribution in [2.75, 3.05) is 32.1 Å². The van der Waals surface area contributed by atoms with Gasteiger partial charge in [-0.2, -0.15) is 0 Å². The van der Waals surface area contributed by atoms with E-state index in [0.29, 0.717) is 24.8 Å². The smallest absolute Gasteiger partial charge is 0.338 e. The zero-order valence-corrected chi connectivity index (χ0v) is 14.2. The van der Waals surface area contributed by atoms with Crippen molar-refractivity contribution in [3.05, 3.63) is 39.7 Å². The zero-order chi connectivity index (χ0) is 17.0. The van der Waals surface area contributed by atoms with Gasteiger partial charge in [0.15, 0.2) is 0 Å². The first-order valence-electron chi connectivity index (χ1n) is 8.03. The topological polar surface area (TPSA) is 59.9 Å². The molecule has 5 heteroatoms. The Labute approximate surface area is 138 Å². The number of aryl methyl sites for hydroxylation is 1. The van der Waals surface area contributed by atoms with Crippen molar-refractivity contribution in [1.82, 2.24) is 4.90 Å². The zero-order valence-electron chi connectivity index (χ0n) is 14.2. The molecule has 0 unspecified atom stereocenters. The molecule has 1 fully saturated rings. The van der Waals surface area contributed by atoms with Gasteiger partial charge < -0.3 is 10.5 Å². The van der Waals surface area contributed by atoms with Gasteiger partial charge in [0.2, 0.25) is 0 Å². The molecule has 1 saturated heterocycles. The van der Waals surface area contributed by atoms with Crippen molar-refractivity contribution < 1.29 is 9.53 Å². The predicted octanol–water partition coefficient (Wildman–Crippen LogP) is 2.94. The monoisotopic (exact) mass is 315 g/mol. The van der Waals surface area contributed by atoms with Crippen LogP contribution < -0.4 is 5.73 Å². The van der Waals surface area contributed by atoms with E-state index in [-0.39, 0.29) is 5.97 Å². The number of nitrogens with zero attached hydrogens (tertiary/aromatic N) is 2. The van der Waals surface area contributed by atoms with Gasteiger partial charge in [-0.05, 0) is 62.3 Å². The van der Waals surface area contributed by atoms with Crippen LogP contribution in [0.5, 0.6) is 0 Å². The standard InChI is InChI=1S/C18H25N3O2/c1-12-9-16(13(2)14(3)17(12)19)18(22)23-10-15-5-7-21(8-6-15)11-20-4/h9,15H,5-8,10-11,19H2,1-3H3. The summed E-state index contributed by atoms with van der Waals surface area (Å²) in [7, 11) is 0. The second kappa shape index (κ2) is 7.47. The molecule has 5 nitrogen and oxygen atoms in total. The average molecular weight is 315 g/mol. The average Bonchev–Trinajstić information content (AvgIpc) is 2.55. The van der Waals surface area contributed by atoms with Gasteiger partial charge >= 0.3 is 5.97 Å². The maximum atomic E-state index is 12.4. The van der Waals surface area contributed by atoms with E-state index in [2.05, 4.69) is 9.74 Å². The second-order valence-corrected chi connectivity index (χ2v) is 6.36. The normalized spacial score (nSPS) is 16.1. The van der Waals surface area contributed by atoms with Gasteiger partial charge in [0.25, 0.3) is 6.67 Å². The van der Waals surface area contributed by atoms with E-state index in [1.165, 1.54) is 0 Å². The van der Waals surface area contributed by atoms with Crippen molar-refractivity contribution in [3.8, 4) is 0 Å².